The van der Waals surface area contributed by atoms with Crippen LogP contribution in [-0.4, -0.2) is 56.9 Å². The van der Waals surface area contributed by atoms with Gasteiger partial charge in [0.25, 0.3) is 0 Å². The van der Waals surface area contributed by atoms with Gasteiger partial charge < -0.3 is 25.0 Å². The number of aliphatic imine (C=N–C) groups is 1. The molecular weight excluding hydrogens is 493 g/mol. The van der Waals surface area contributed by atoms with Gasteiger partial charge in [0.05, 0.1) is 19.9 Å². The molecule has 2 N–H and O–H groups in total. The number of nitrogens with zero attached hydrogens (tertiary/aromatic N) is 3. The van der Waals surface area contributed by atoms with Gasteiger partial charge in [-0.15, -0.1) is 24.0 Å². The Morgan fingerprint density at radius 2 is 2.13 bits per heavy atom. The van der Waals surface area contributed by atoms with E-state index < -0.39 is 0 Å². The maximum absolute atomic E-state index is 5.68. The van der Waals surface area contributed by atoms with E-state index in [0.717, 1.165) is 49.9 Å². The van der Waals surface area contributed by atoms with E-state index in [1.807, 2.05) is 24.3 Å². The third-order valence-electron chi connectivity index (χ3n) is 4.79. The first-order valence-corrected chi connectivity index (χ1v) is 10.2. The first-order valence-electron chi connectivity index (χ1n) is 10.2. The molecule has 3 rings (SSSR count). The number of piperidine rings is 1. The molecule has 0 spiro atoms. The second-order valence-corrected chi connectivity index (χ2v) is 6.93. The minimum absolute atomic E-state index is 0. The summed E-state index contributed by atoms with van der Waals surface area (Å²) in [6.45, 7) is 5.98. The van der Waals surface area contributed by atoms with Crippen molar-refractivity contribution in [1.29, 1.82) is 0 Å². The SMILES string of the molecule is CCNC(=NCCOc1cccnc1)NC1CCCN(c2cccc(OC)c2)C1.I. The summed E-state index contributed by atoms with van der Waals surface area (Å²) in [7, 11) is 1.71. The van der Waals surface area contributed by atoms with Crippen LogP contribution in [0.4, 0.5) is 5.69 Å². The Bertz CT molecular complexity index is 775. The molecule has 0 amide bonds. The van der Waals surface area contributed by atoms with Crippen molar-refractivity contribution in [3.8, 4) is 11.5 Å². The number of benzene rings is 1. The molecule has 1 unspecified atom stereocenters. The highest BCUT2D eigenvalue weighted by molar-refractivity contribution is 14.0. The monoisotopic (exact) mass is 525 g/mol. The molecule has 1 aromatic heterocycles. The molecular formula is C22H32IN5O2. The molecule has 7 nitrogen and oxygen atoms in total. The van der Waals surface area contributed by atoms with E-state index in [4.69, 9.17) is 9.47 Å². The summed E-state index contributed by atoms with van der Waals surface area (Å²) in [5.41, 5.74) is 1.20. The van der Waals surface area contributed by atoms with Crippen LogP contribution in [0, 0.1) is 0 Å². The van der Waals surface area contributed by atoms with Gasteiger partial charge in [-0.05, 0) is 44.0 Å². The number of aromatic nitrogens is 1. The molecule has 0 bridgehead atoms. The molecule has 2 heterocycles. The number of rotatable bonds is 8. The Morgan fingerprint density at radius 3 is 2.90 bits per heavy atom. The Labute approximate surface area is 196 Å². The van der Waals surface area contributed by atoms with Crippen LogP contribution in [-0.2, 0) is 0 Å². The van der Waals surface area contributed by atoms with E-state index in [1.54, 1.807) is 19.5 Å². The highest BCUT2D eigenvalue weighted by atomic mass is 127. The van der Waals surface area contributed by atoms with Gasteiger partial charge in [0.15, 0.2) is 5.96 Å². The van der Waals surface area contributed by atoms with Crippen LogP contribution < -0.4 is 25.0 Å². The number of pyridine rings is 1. The van der Waals surface area contributed by atoms with Crippen molar-refractivity contribution in [2.45, 2.75) is 25.8 Å². The van der Waals surface area contributed by atoms with Gasteiger partial charge >= 0.3 is 0 Å². The fourth-order valence-electron chi connectivity index (χ4n) is 3.40. The molecule has 2 aromatic rings. The Kier molecular flexibility index (Phi) is 10.5. The first-order chi connectivity index (χ1) is 14.3. The second kappa shape index (κ2) is 13.1. The molecule has 1 aromatic carbocycles. The van der Waals surface area contributed by atoms with Gasteiger partial charge in [0.2, 0.25) is 0 Å². The molecule has 1 aliphatic rings. The number of nitrogens with one attached hydrogen (secondary N) is 2. The zero-order chi connectivity index (χ0) is 20.3. The Balaban J connectivity index is 0.00000320. The second-order valence-electron chi connectivity index (χ2n) is 6.93. The van der Waals surface area contributed by atoms with Crippen LogP contribution in [0.2, 0.25) is 0 Å². The standard InChI is InChI=1S/C22H31N5O2.HI/c1-3-24-22(25-12-14-29-21-10-5-11-23-16-21)26-18-7-6-13-27(17-18)19-8-4-9-20(15-19)28-2;/h4-5,8-11,15-16,18H,3,6-7,12-14,17H2,1-2H3,(H2,24,25,26);1H. The van der Waals surface area contributed by atoms with Gasteiger partial charge in [0, 0.05) is 43.6 Å². The highest BCUT2D eigenvalue weighted by Gasteiger charge is 2.21. The zero-order valence-corrected chi connectivity index (χ0v) is 20.0. The van der Waals surface area contributed by atoms with Crippen LogP contribution >= 0.6 is 24.0 Å². The van der Waals surface area contributed by atoms with E-state index in [2.05, 4.69) is 44.6 Å². The van der Waals surface area contributed by atoms with Gasteiger partial charge in [-0.25, -0.2) is 4.99 Å². The maximum atomic E-state index is 5.68. The van der Waals surface area contributed by atoms with E-state index in [-0.39, 0.29) is 24.0 Å². The third-order valence-corrected chi connectivity index (χ3v) is 4.79. The number of ether oxygens (including phenoxy) is 2. The van der Waals surface area contributed by atoms with Crippen molar-refractivity contribution in [1.82, 2.24) is 15.6 Å². The molecule has 1 fully saturated rings. The lowest BCUT2D eigenvalue weighted by molar-refractivity contribution is 0.327. The fourth-order valence-corrected chi connectivity index (χ4v) is 3.40. The summed E-state index contributed by atoms with van der Waals surface area (Å²) in [6.07, 6.45) is 5.70. The van der Waals surface area contributed by atoms with Crippen molar-refractivity contribution in [2.24, 2.45) is 4.99 Å². The summed E-state index contributed by atoms with van der Waals surface area (Å²) >= 11 is 0. The molecule has 8 heteroatoms. The van der Waals surface area contributed by atoms with Crippen molar-refractivity contribution in [2.75, 3.05) is 44.8 Å². The lowest BCUT2D eigenvalue weighted by Crippen LogP contribution is -2.51. The predicted octanol–water partition coefficient (Wildman–Crippen LogP) is 3.31. The fraction of sp³-hybridized carbons (Fsp3) is 0.455. The van der Waals surface area contributed by atoms with E-state index >= 15 is 0 Å². The largest absolute Gasteiger partial charge is 0.497 e. The maximum Gasteiger partial charge on any atom is 0.191 e. The molecule has 0 saturated carbocycles. The Morgan fingerprint density at radius 1 is 1.27 bits per heavy atom. The minimum atomic E-state index is 0. The van der Waals surface area contributed by atoms with Crippen molar-refractivity contribution >= 4 is 35.6 Å². The van der Waals surface area contributed by atoms with Gasteiger partial charge in [-0.1, -0.05) is 6.07 Å². The number of hydrogen-bond donors (Lipinski definition) is 2. The van der Waals surface area contributed by atoms with Gasteiger partial charge in [-0.3, -0.25) is 4.98 Å². The molecule has 1 atom stereocenters. The number of halogens is 1. The quantitative estimate of drug-likeness (QED) is 0.239. The van der Waals surface area contributed by atoms with Gasteiger partial charge in [-0.2, -0.15) is 0 Å². The van der Waals surface area contributed by atoms with Crippen molar-refractivity contribution in [3.05, 3.63) is 48.8 Å². The van der Waals surface area contributed by atoms with E-state index in [0.29, 0.717) is 19.2 Å². The average molecular weight is 525 g/mol. The number of methoxy groups -OCH3 is 1. The number of hydrogen-bond acceptors (Lipinski definition) is 5. The number of anilines is 1. The predicted molar refractivity (Wildman–Crippen MR) is 132 cm³/mol. The van der Waals surface area contributed by atoms with E-state index in [1.165, 1.54) is 5.69 Å². The van der Waals surface area contributed by atoms with Crippen LogP contribution in [0.15, 0.2) is 53.8 Å². The molecule has 164 valence electrons. The molecule has 30 heavy (non-hydrogen) atoms. The topological polar surface area (TPSA) is 71.0 Å². The lowest BCUT2D eigenvalue weighted by Gasteiger charge is -2.35. The van der Waals surface area contributed by atoms with Crippen LogP contribution in [0.1, 0.15) is 19.8 Å². The molecule has 0 aliphatic carbocycles. The summed E-state index contributed by atoms with van der Waals surface area (Å²) < 4.78 is 11.0. The molecule has 0 radical (unpaired) electrons. The smallest absolute Gasteiger partial charge is 0.191 e. The first kappa shape index (κ1) is 24.0. The minimum Gasteiger partial charge on any atom is -0.497 e. The van der Waals surface area contributed by atoms with Crippen molar-refractivity contribution in [3.63, 3.8) is 0 Å². The lowest BCUT2D eigenvalue weighted by atomic mass is 10.0. The molecule has 1 aliphatic heterocycles. The van der Waals surface area contributed by atoms with Gasteiger partial charge in [0.1, 0.15) is 18.1 Å². The molecule has 1 saturated heterocycles. The summed E-state index contributed by atoms with van der Waals surface area (Å²) in [5.74, 6) is 2.49. The number of guanidine groups is 1. The van der Waals surface area contributed by atoms with E-state index in [9.17, 15) is 0 Å². The summed E-state index contributed by atoms with van der Waals surface area (Å²) in [4.78, 5) is 11.1. The van der Waals surface area contributed by atoms with Crippen LogP contribution in [0.25, 0.3) is 0 Å². The van der Waals surface area contributed by atoms with Crippen LogP contribution in [0.3, 0.4) is 0 Å². The highest BCUT2D eigenvalue weighted by Crippen LogP contribution is 2.24. The Hall–Kier alpha value is -2.23. The van der Waals surface area contributed by atoms with Crippen molar-refractivity contribution < 1.29 is 9.47 Å². The summed E-state index contributed by atoms with van der Waals surface area (Å²) in [6, 6.07) is 12.4. The normalized spacial score (nSPS) is 16.4. The van der Waals surface area contributed by atoms with Crippen LogP contribution in [0.5, 0.6) is 11.5 Å². The summed E-state index contributed by atoms with van der Waals surface area (Å²) in [5, 5.41) is 6.92. The third kappa shape index (κ3) is 7.55. The average Bonchev–Trinajstić information content (AvgIpc) is 2.78. The zero-order valence-electron chi connectivity index (χ0n) is 17.7.